The molecule has 3 heteroatoms. The molecule has 2 aromatic carbocycles. The molecule has 0 bridgehead atoms. The van der Waals surface area contributed by atoms with Crippen LogP contribution in [-0.4, -0.2) is 11.0 Å². The Morgan fingerprint density at radius 2 is 1.85 bits per heavy atom. The normalized spacial score (nSPS) is 10.6. The largest absolute Gasteiger partial charge is 0.507 e. The van der Waals surface area contributed by atoms with Gasteiger partial charge in [0.05, 0.1) is 5.56 Å². The molecule has 0 atom stereocenters. The summed E-state index contributed by atoms with van der Waals surface area (Å²) in [7, 11) is 0. The number of carbonyl (C=O) groups is 1. The van der Waals surface area contributed by atoms with Gasteiger partial charge in [0, 0.05) is 5.69 Å². The Morgan fingerprint density at radius 3 is 2.55 bits per heavy atom. The number of phenolic OH excluding ortho intramolecular Hbond substituents is 1. The van der Waals surface area contributed by atoms with Crippen LogP contribution < -0.4 is 5.32 Å². The molecule has 0 aliphatic heterocycles. The van der Waals surface area contributed by atoms with Gasteiger partial charge in [0.15, 0.2) is 0 Å². The first-order chi connectivity index (χ1) is 9.49. The average molecular weight is 269 g/mol. The van der Waals surface area contributed by atoms with Crippen LogP contribution in [0.4, 0.5) is 5.69 Å². The molecule has 2 aromatic rings. The Kier molecular flexibility index (Phi) is 4.08. The molecular formula is C17H19NO2. The Bertz CT molecular complexity index is 633. The lowest BCUT2D eigenvalue weighted by atomic mass is 10.0. The van der Waals surface area contributed by atoms with Crippen LogP contribution in [0.5, 0.6) is 5.75 Å². The van der Waals surface area contributed by atoms with E-state index in [2.05, 4.69) is 19.2 Å². The third-order valence-corrected chi connectivity index (χ3v) is 3.23. The van der Waals surface area contributed by atoms with Gasteiger partial charge in [-0.2, -0.15) is 0 Å². The van der Waals surface area contributed by atoms with Crippen molar-refractivity contribution in [1.29, 1.82) is 0 Å². The third kappa shape index (κ3) is 2.99. The highest BCUT2D eigenvalue weighted by molar-refractivity contribution is 6.06. The van der Waals surface area contributed by atoms with Gasteiger partial charge in [0.1, 0.15) is 5.75 Å². The maximum atomic E-state index is 12.3. The molecular weight excluding hydrogens is 250 g/mol. The van der Waals surface area contributed by atoms with Crippen LogP contribution in [0, 0.1) is 6.92 Å². The van der Waals surface area contributed by atoms with Gasteiger partial charge in [-0.1, -0.05) is 43.7 Å². The van der Waals surface area contributed by atoms with Crippen LogP contribution in [0.3, 0.4) is 0 Å². The van der Waals surface area contributed by atoms with Crippen LogP contribution in [0.15, 0.2) is 42.5 Å². The molecule has 3 nitrogen and oxygen atoms in total. The maximum absolute atomic E-state index is 12.3. The van der Waals surface area contributed by atoms with Crippen LogP contribution in [0.2, 0.25) is 0 Å². The first-order valence-electron chi connectivity index (χ1n) is 6.69. The number of rotatable bonds is 3. The zero-order valence-corrected chi connectivity index (χ0v) is 12.0. The molecule has 0 fully saturated rings. The number of hydrogen-bond acceptors (Lipinski definition) is 2. The van der Waals surface area contributed by atoms with Crippen molar-refractivity contribution in [2.75, 3.05) is 5.32 Å². The number of aryl methyl sites for hydroxylation is 1. The summed E-state index contributed by atoms with van der Waals surface area (Å²) in [6.45, 7) is 6.04. The van der Waals surface area contributed by atoms with Crippen LogP contribution in [-0.2, 0) is 0 Å². The zero-order chi connectivity index (χ0) is 14.7. The molecule has 0 aliphatic rings. The Balaban J connectivity index is 2.31. The van der Waals surface area contributed by atoms with E-state index in [-0.39, 0.29) is 11.7 Å². The van der Waals surface area contributed by atoms with Gasteiger partial charge >= 0.3 is 0 Å². The second-order valence-corrected chi connectivity index (χ2v) is 5.22. The van der Waals surface area contributed by atoms with E-state index < -0.39 is 0 Å². The van der Waals surface area contributed by atoms with Crippen LogP contribution in [0.25, 0.3) is 0 Å². The Morgan fingerprint density at radius 1 is 1.15 bits per heavy atom. The first-order valence-corrected chi connectivity index (χ1v) is 6.69. The maximum Gasteiger partial charge on any atom is 0.259 e. The van der Waals surface area contributed by atoms with E-state index in [9.17, 15) is 9.90 Å². The Hall–Kier alpha value is -2.29. The molecule has 20 heavy (non-hydrogen) atoms. The molecule has 0 radical (unpaired) electrons. The highest BCUT2D eigenvalue weighted by atomic mass is 16.3. The molecule has 0 aliphatic carbocycles. The minimum atomic E-state index is -0.292. The van der Waals surface area contributed by atoms with Gasteiger partial charge in [-0.05, 0) is 36.6 Å². The smallest absolute Gasteiger partial charge is 0.259 e. The quantitative estimate of drug-likeness (QED) is 0.882. The molecule has 104 valence electrons. The molecule has 0 saturated carbocycles. The number of para-hydroxylation sites is 1. The summed E-state index contributed by atoms with van der Waals surface area (Å²) in [4.78, 5) is 12.3. The van der Waals surface area contributed by atoms with Gasteiger partial charge in [-0.25, -0.2) is 0 Å². The first kappa shape index (κ1) is 14.1. The van der Waals surface area contributed by atoms with Gasteiger partial charge < -0.3 is 10.4 Å². The van der Waals surface area contributed by atoms with Crippen LogP contribution >= 0.6 is 0 Å². The number of phenols is 1. The highest BCUT2D eigenvalue weighted by Gasteiger charge is 2.14. The van der Waals surface area contributed by atoms with Crippen molar-refractivity contribution in [1.82, 2.24) is 0 Å². The van der Waals surface area contributed by atoms with Crippen molar-refractivity contribution in [3.8, 4) is 5.75 Å². The predicted molar refractivity (Wildman–Crippen MR) is 81.3 cm³/mol. The molecule has 1 amide bonds. The molecule has 2 N–H and O–H groups in total. The molecule has 2 rings (SSSR count). The van der Waals surface area contributed by atoms with E-state index in [1.165, 1.54) is 0 Å². The fraction of sp³-hybridized carbons (Fsp3) is 0.235. The molecule has 0 spiro atoms. The van der Waals surface area contributed by atoms with Gasteiger partial charge in [-0.15, -0.1) is 0 Å². The average Bonchev–Trinajstić information content (AvgIpc) is 2.41. The monoisotopic (exact) mass is 269 g/mol. The predicted octanol–water partition coefficient (Wildman–Crippen LogP) is 4.08. The van der Waals surface area contributed by atoms with Crippen molar-refractivity contribution in [2.24, 2.45) is 0 Å². The summed E-state index contributed by atoms with van der Waals surface area (Å²) >= 11 is 0. The van der Waals surface area contributed by atoms with Crippen molar-refractivity contribution in [3.05, 3.63) is 59.2 Å². The minimum absolute atomic E-state index is 0.00451. The SMILES string of the molecule is Cc1ccc(O)c(C(=O)Nc2ccccc2C(C)C)c1. The summed E-state index contributed by atoms with van der Waals surface area (Å²) in [6, 6.07) is 12.7. The van der Waals surface area contributed by atoms with Crippen molar-refractivity contribution in [3.63, 3.8) is 0 Å². The van der Waals surface area contributed by atoms with E-state index in [0.29, 0.717) is 11.5 Å². The van der Waals surface area contributed by atoms with E-state index in [0.717, 1.165) is 16.8 Å². The summed E-state index contributed by atoms with van der Waals surface area (Å²) in [6.07, 6.45) is 0. The van der Waals surface area contributed by atoms with Crippen LogP contribution in [0.1, 0.15) is 41.3 Å². The van der Waals surface area contributed by atoms with Gasteiger partial charge in [-0.3, -0.25) is 4.79 Å². The standard InChI is InChI=1S/C17H19NO2/c1-11(2)13-6-4-5-7-15(13)18-17(20)14-10-12(3)8-9-16(14)19/h4-11,19H,1-3H3,(H,18,20). The van der Waals surface area contributed by atoms with E-state index in [1.807, 2.05) is 31.2 Å². The summed E-state index contributed by atoms with van der Waals surface area (Å²) in [5.41, 5.74) is 3.09. The minimum Gasteiger partial charge on any atom is -0.507 e. The molecule has 0 saturated heterocycles. The molecule has 0 heterocycles. The fourth-order valence-electron chi connectivity index (χ4n) is 2.14. The van der Waals surface area contributed by atoms with Crippen molar-refractivity contribution < 1.29 is 9.90 Å². The van der Waals surface area contributed by atoms with Crippen molar-refractivity contribution in [2.45, 2.75) is 26.7 Å². The number of hydrogen-bond donors (Lipinski definition) is 2. The Labute approximate surface area is 119 Å². The topological polar surface area (TPSA) is 49.3 Å². The lowest BCUT2D eigenvalue weighted by molar-refractivity contribution is 0.102. The second kappa shape index (κ2) is 5.78. The fourth-order valence-corrected chi connectivity index (χ4v) is 2.14. The zero-order valence-electron chi connectivity index (χ0n) is 12.0. The second-order valence-electron chi connectivity index (χ2n) is 5.22. The lowest BCUT2D eigenvalue weighted by Gasteiger charge is -2.14. The summed E-state index contributed by atoms with van der Waals surface area (Å²) in [5.74, 6) is 0.0204. The van der Waals surface area contributed by atoms with Crippen molar-refractivity contribution >= 4 is 11.6 Å². The van der Waals surface area contributed by atoms with E-state index >= 15 is 0 Å². The lowest BCUT2D eigenvalue weighted by Crippen LogP contribution is -2.14. The number of nitrogens with one attached hydrogen (secondary N) is 1. The number of aromatic hydroxyl groups is 1. The number of carbonyl (C=O) groups excluding carboxylic acids is 1. The number of anilines is 1. The third-order valence-electron chi connectivity index (χ3n) is 3.23. The molecule has 0 unspecified atom stereocenters. The summed E-state index contributed by atoms with van der Waals surface area (Å²) in [5, 5.41) is 12.7. The number of benzene rings is 2. The van der Waals surface area contributed by atoms with Gasteiger partial charge in [0.2, 0.25) is 0 Å². The van der Waals surface area contributed by atoms with E-state index in [4.69, 9.17) is 0 Å². The number of amides is 1. The highest BCUT2D eigenvalue weighted by Crippen LogP contribution is 2.25. The summed E-state index contributed by atoms with van der Waals surface area (Å²) < 4.78 is 0. The molecule has 0 aromatic heterocycles. The van der Waals surface area contributed by atoms with E-state index in [1.54, 1.807) is 18.2 Å². The van der Waals surface area contributed by atoms with Gasteiger partial charge in [0.25, 0.3) is 5.91 Å².